The van der Waals surface area contributed by atoms with E-state index in [0.29, 0.717) is 56.5 Å². The number of ether oxygens (including phenoxy) is 2. The summed E-state index contributed by atoms with van der Waals surface area (Å²) in [6.45, 7) is 3.02. The summed E-state index contributed by atoms with van der Waals surface area (Å²) in [4.78, 5) is 33.5. The standard InChI is InChI=1S/C29H35FN6O4/c1-33(2)12-13-36(29(38)21-6-5-7-22(30)18-21)20-28(37)35-16-14-34(15-17-35)27-11-10-25(31-32-27)24-9-8-23(39-3)19-26(24)40-4/h5-11,18-19H,12-17,20H2,1-4H3. The Morgan fingerprint density at radius 2 is 1.70 bits per heavy atom. The highest BCUT2D eigenvalue weighted by Crippen LogP contribution is 2.32. The number of amides is 2. The zero-order chi connectivity index (χ0) is 28.6. The summed E-state index contributed by atoms with van der Waals surface area (Å²) in [5.41, 5.74) is 1.72. The monoisotopic (exact) mass is 550 g/mol. The lowest BCUT2D eigenvalue weighted by molar-refractivity contribution is -0.132. The molecule has 212 valence electrons. The third-order valence-electron chi connectivity index (χ3n) is 6.79. The van der Waals surface area contributed by atoms with Crippen LogP contribution in [0.15, 0.2) is 54.6 Å². The zero-order valence-electron chi connectivity index (χ0n) is 23.3. The summed E-state index contributed by atoms with van der Waals surface area (Å²) in [5, 5.41) is 8.82. The number of piperazine rings is 1. The molecule has 3 aromatic rings. The Hall–Kier alpha value is -4.25. The fraction of sp³-hybridized carbons (Fsp3) is 0.379. The van der Waals surface area contributed by atoms with Gasteiger partial charge in [-0.3, -0.25) is 9.59 Å². The molecule has 1 aliphatic rings. The number of halogens is 1. The van der Waals surface area contributed by atoms with Crippen molar-refractivity contribution < 1.29 is 23.5 Å². The SMILES string of the molecule is COc1ccc(-c2ccc(N3CCN(C(=O)CN(CCN(C)C)C(=O)c4cccc(F)c4)CC3)nn2)c(OC)c1. The molecular weight excluding hydrogens is 515 g/mol. The molecule has 1 aliphatic heterocycles. The first-order valence-corrected chi connectivity index (χ1v) is 13.1. The molecule has 0 radical (unpaired) electrons. The lowest BCUT2D eigenvalue weighted by Crippen LogP contribution is -2.52. The molecule has 0 unspecified atom stereocenters. The molecule has 1 saturated heterocycles. The first kappa shape index (κ1) is 28.8. The summed E-state index contributed by atoms with van der Waals surface area (Å²) < 4.78 is 24.5. The molecule has 2 amide bonds. The molecule has 0 aliphatic carbocycles. The minimum Gasteiger partial charge on any atom is -0.497 e. The Labute approximate surface area is 233 Å². The second-order valence-corrected chi connectivity index (χ2v) is 9.75. The van der Waals surface area contributed by atoms with E-state index in [0.717, 1.165) is 11.4 Å². The van der Waals surface area contributed by atoms with Crippen LogP contribution in [0.1, 0.15) is 10.4 Å². The van der Waals surface area contributed by atoms with Crippen molar-refractivity contribution in [1.82, 2.24) is 24.9 Å². The molecule has 0 atom stereocenters. The van der Waals surface area contributed by atoms with Crippen molar-refractivity contribution >= 4 is 17.6 Å². The average molecular weight is 551 g/mol. The Balaban J connectivity index is 1.37. The van der Waals surface area contributed by atoms with Gasteiger partial charge in [0.25, 0.3) is 5.91 Å². The van der Waals surface area contributed by atoms with Gasteiger partial charge in [-0.1, -0.05) is 6.07 Å². The van der Waals surface area contributed by atoms with Crippen LogP contribution in [0.4, 0.5) is 10.2 Å². The van der Waals surface area contributed by atoms with Crippen molar-refractivity contribution in [2.24, 2.45) is 0 Å². The molecule has 2 heterocycles. The third kappa shape index (κ3) is 7.03. The molecule has 10 nitrogen and oxygen atoms in total. The first-order valence-electron chi connectivity index (χ1n) is 13.1. The summed E-state index contributed by atoms with van der Waals surface area (Å²) in [5.74, 6) is 1.06. The van der Waals surface area contributed by atoms with E-state index in [-0.39, 0.29) is 23.9 Å². The van der Waals surface area contributed by atoms with Gasteiger partial charge in [0.15, 0.2) is 5.82 Å². The van der Waals surface area contributed by atoms with E-state index in [2.05, 4.69) is 15.1 Å². The van der Waals surface area contributed by atoms with Gasteiger partial charge in [-0.2, -0.15) is 0 Å². The van der Waals surface area contributed by atoms with E-state index in [1.807, 2.05) is 43.3 Å². The maximum Gasteiger partial charge on any atom is 0.254 e. The van der Waals surface area contributed by atoms with Crippen molar-refractivity contribution in [2.45, 2.75) is 0 Å². The number of hydrogen-bond donors (Lipinski definition) is 0. The number of carbonyl (C=O) groups excluding carboxylic acids is 2. The van der Waals surface area contributed by atoms with Gasteiger partial charge in [0.05, 0.1) is 19.9 Å². The Bertz CT molecular complexity index is 1310. The van der Waals surface area contributed by atoms with E-state index in [9.17, 15) is 14.0 Å². The van der Waals surface area contributed by atoms with Crippen molar-refractivity contribution in [3.05, 3.63) is 66.0 Å². The molecule has 1 aromatic heterocycles. The second-order valence-electron chi connectivity index (χ2n) is 9.75. The zero-order valence-corrected chi connectivity index (χ0v) is 23.3. The number of carbonyl (C=O) groups is 2. The second kappa shape index (κ2) is 13.2. The van der Waals surface area contributed by atoms with E-state index in [1.54, 1.807) is 31.3 Å². The molecule has 40 heavy (non-hydrogen) atoms. The Morgan fingerprint density at radius 1 is 0.925 bits per heavy atom. The maximum absolute atomic E-state index is 13.7. The quantitative estimate of drug-likeness (QED) is 0.381. The predicted octanol–water partition coefficient (Wildman–Crippen LogP) is 2.65. The van der Waals surface area contributed by atoms with Crippen LogP contribution < -0.4 is 14.4 Å². The minimum absolute atomic E-state index is 0.0681. The molecule has 0 saturated carbocycles. The van der Waals surface area contributed by atoms with Crippen molar-refractivity contribution in [3.8, 4) is 22.8 Å². The number of nitrogens with zero attached hydrogens (tertiary/aromatic N) is 6. The lowest BCUT2D eigenvalue weighted by Gasteiger charge is -2.36. The van der Waals surface area contributed by atoms with Crippen LogP contribution in [0.5, 0.6) is 11.5 Å². The number of anilines is 1. The van der Waals surface area contributed by atoms with Gasteiger partial charge in [0, 0.05) is 56.5 Å². The van der Waals surface area contributed by atoms with Crippen LogP contribution in [0.3, 0.4) is 0 Å². The van der Waals surface area contributed by atoms with Crippen LogP contribution in [0.2, 0.25) is 0 Å². The highest BCUT2D eigenvalue weighted by molar-refractivity contribution is 5.96. The predicted molar refractivity (Wildman–Crippen MR) is 150 cm³/mol. The molecule has 2 aromatic carbocycles. The fourth-order valence-electron chi connectivity index (χ4n) is 4.47. The van der Waals surface area contributed by atoms with Crippen molar-refractivity contribution in [1.29, 1.82) is 0 Å². The van der Waals surface area contributed by atoms with Gasteiger partial charge in [0.1, 0.15) is 23.9 Å². The maximum atomic E-state index is 13.7. The molecule has 0 spiro atoms. The lowest BCUT2D eigenvalue weighted by atomic mass is 10.1. The minimum atomic E-state index is -0.486. The van der Waals surface area contributed by atoms with Crippen LogP contribution in [0, 0.1) is 5.82 Å². The molecule has 0 bridgehead atoms. The van der Waals surface area contributed by atoms with Gasteiger partial charge < -0.3 is 29.1 Å². The summed E-state index contributed by atoms with van der Waals surface area (Å²) in [7, 11) is 6.99. The molecule has 0 N–H and O–H groups in total. The smallest absolute Gasteiger partial charge is 0.254 e. The van der Waals surface area contributed by atoms with Crippen LogP contribution in [-0.2, 0) is 4.79 Å². The number of methoxy groups -OCH3 is 2. The van der Waals surface area contributed by atoms with E-state index < -0.39 is 5.82 Å². The van der Waals surface area contributed by atoms with Gasteiger partial charge in [-0.15, -0.1) is 10.2 Å². The van der Waals surface area contributed by atoms with E-state index in [4.69, 9.17) is 9.47 Å². The van der Waals surface area contributed by atoms with Gasteiger partial charge in [-0.05, 0) is 56.6 Å². The van der Waals surface area contributed by atoms with Crippen LogP contribution >= 0.6 is 0 Å². The Morgan fingerprint density at radius 3 is 2.33 bits per heavy atom. The highest BCUT2D eigenvalue weighted by atomic mass is 19.1. The summed E-state index contributed by atoms with van der Waals surface area (Å²) in [6.07, 6.45) is 0. The third-order valence-corrected chi connectivity index (χ3v) is 6.79. The normalized spacial score (nSPS) is 13.3. The molecule has 4 rings (SSSR count). The van der Waals surface area contributed by atoms with Crippen molar-refractivity contribution in [3.63, 3.8) is 0 Å². The Kier molecular flexibility index (Phi) is 9.49. The fourth-order valence-corrected chi connectivity index (χ4v) is 4.47. The van der Waals surface area contributed by atoms with E-state index in [1.165, 1.54) is 23.1 Å². The molecule has 11 heteroatoms. The van der Waals surface area contributed by atoms with Crippen LogP contribution in [-0.4, -0.2) is 111 Å². The van der Waals surface area contributed by atoms with E-state index >= 15 is 0 Å². The summed E-state index contributed by atoms with van der Waals surface area (Å²) >= 11 is 0. The highest BCUT2D eigenvalue weighted by Gasteiger charge is 2.26. The first-order chi connectivity index (χ1) is 19.3. The number of hydrogen-bond acceptors (Lipinski definition) is 8. The number of likely N-dealkylation sites (N-methyl/N-ethyl adjacent to an activating group) is 1. The van der Waals surface area contributed by atoms with Gasteiger partial charge >= 0.3 is 0 Å². The van der Waals surface area contributed by atoms with Gasteiger partial charge in [0.2, 0.25) is 5.91 Å². The number of benzene rings is 2. The number of aromatic nitrogens is 2. The number of rotatable bonds is 10. The molecule has 1 fully saturated rings. The molecular formula is C29H35FN6O4. The van der Waals surface area contributed by atoms with Gasteiger partial charge in [-0.25, -0.2) is 4.39 Å². The summed E-state index contributed by atoms with van der Waals surface area (Å²) in [6, 6.07) is 14.9. The van der Waals surface area contributed by atoms with Crippen LogP contribution in [0.25, 0.3) is 11.3 Å². The topological polar surface area (TPSA) is 91.3 Å². The largest absolute Gasteiger partial charge is 0.497 e. The van der Waals surface area contributed by atoms with Crippen molar-refractivity contribution in [2.75, 3.05) is 79.0 Å². The average Bonchev–Trinajstić information content (AvgIpc) is 2.98.